The maximum atomic E-state index is 12.7. The highest BCUT2D eigenvalue weighted by Gasteiger charge is 2.34. The summed E-state index contributed by atoms with van der Waals surface area (Å²) in [5.74, 6) is 0.774. The Labute approximate surface area is 192 Å². The number of nitrogens with zero attached hydrogens (tertiary/aromatic N) is 2. The average molecular weight is 442 g/mol. The van der Waals surface area contributed by atoms with Gasteiger partial charge in [0, 0.05) is 47.4 Å². The molecule has 168 valence electrons. The Morgan fingerprint density at radius 1 is 1.18 bits per heavy atom. The number of nitrogens with one attached hydrogen (secondary N) is 3. The molecule has 1 amide bonds. The lowest BCUT2D eigenvalue weighted by Gasteiger charge is -2.24. The van der Waals surface area contributed by atoms with Crippen LogP contribution in [0.1, 0.15) is 75.5 Å². The molecule has 2 aliphatic rings. The number of H-pyrrole nitrogens is 1. The molecule has 7 heteroatoms. The fourth-order valence-corrected chi connectivity index (χ4v) is 4.96. The fraction of sp³-hybridized carbons (Fsp3) is 0.308. The zero-order valence-electron chi connectivity index (χ0n) is 19.3. The van der Waals surface area contributed by atoms with E-state index in [1.54, 1.807) is 6.20 Å². The van der Waals surface area contributed by atoms with E-state index >= 15 is 0 Å². The van der Waals surface area contributed by atoms with Crippen molar-refractivity contribution in [2.24, 2.45) is 0 Å². The molecular weight excluding hydrogens is 414 g/mol. The molecule has 1 atom stereocenters. The molecule has 5 rings (SSSR count). The number of Topliss-reactive ketones (excluding diaryl/α,β-unsaturated/α-hetero) is 1. The summed E-state index contributed by atoms with van der Waals surface area (Å²) in [4.78, 5) is 37.5. The number of aromatic nitrogens is 3. The number of allylic oxidation sites excluding steroid dienone is 1. The number of carbonyl (C=O) groups is 2. The minimum atomic E-state index is -0.0702. The summed E-state index contributed by atoms with van der Waals surface area (Å²) in [6, 6.07) is 1.85. The first-order valence-electron chi connectivity index (χ1n) is 11.2. The molecule has 3 aromatic rings. The number of carbonyl (C=O) groups excluding carboxylic acids is 2. The monoisotopic (exact) mass is 441 g/mol. The SMILES string of the molecule is C=C(C)c1c(Nc2cc(C)ncc2C(C)=O)ncc2c1-c1[nH]c3c(c1CC2)C(=O)NC[C@@H]3C. The fourth-order valence-electron chi connectivity index (χ4n) is 4.96. The molecule has 0 radical (unpaired) electrons. The Hall–Kier alpha value is -3.74. The van der Waals surface area contributed by atoms with Crippen LogP contribution in [0, 0.1) is 6.92 Å². The highest BCUT2D eigenvalue weighted by Crippen LogP contribution is 2.44. The summed E-state index contributed by atoms with van der Waals surface area (Å²) in [7, 11) is 0. The number of fused-ring (bicyclic) bond motifs is 5. The largest absolute Gasteiger partial charge is 0.357 e. The van der Waals surface area contributed by atoms with Crippen molar-refractivity contribution in [1.29, 1.82) is 0 Å². The molecule has 1 aliphatic heterocycles. The lowest BCUT2D eigenvalue weighted by Crippen LogP contribution is -2.34. The number of rotatable bonds is 4. The van der Waals surface area contributed by atoms with Crippen LogP contribution in [-0.2, 0) is 12.8 Å². The first-order chi connectivity index (χ1) is 15.8. The van der Waals surface area contributed by atoms with Crippen molar-refractivity contribution >= 4 is 28.8 Å². The number of aryl methyl sites for hydroxylation is 2. The van der Waals surface area contributed by atoms with E-state index in [2.05, 4.69) is 34.1 Å². The quantitative estimate of drug-likeness (QED) is 0.510. The molecule has 0 bridgehead atoms. The zero-order valence-corrected chi connectivity index (χ0v) is 19.3. The van der Waals surface area contributed by atoms with Crippen LogP contribution in [0.2, 0.25) is 0 Å². The van der Waals surface area contributed by atoms with Crippen molar-refractivity contribution in [3.05, 3.63) is 64.2 Å². The molecule has 3 N–H and O–H groups in total. The number of hydrogen-bond acceptors (Lipinski definition) is 5. The van der Waals surface area contributed by atoms with Crippen LogP contribution in [0.25, 0.3) is 16.8 Å². The number of amides is 1. The van der Waals surface area contributed by atoms with E-state index in [-0.39, 0.29) is 17.6 Å². The Morgan fingerprint density at radius 2 is 1.97 bits per heavy atom. The van der Waals surface area contributed by atoms with Crippen LogP contribution >= 0.6 is 0 Å². The van der Waals surface area contributed by atoms with E-state index in [0.29, 0.717) is 23.6 Å². The van der Waals surface area contributed by atoms with Crippen LogP contribution in [-0.4, -0.2) is 33.2 Å². The summed E-state index contributed by atoms with van der Waals surface area (Å²) >= 11 is 0. The van der Waals surface area contributed by atoms with Gasteiger partial charge in [-0.15, -0.1) is 0 Å². The van der Waals surface area contributed by atoms with Gasteiger partial charge >= 0.3 is 0 Å². The number of ketones is 1. The van der Waals surface area contributed by atoms with E-state index < -0.39 is 0 Å². The second-order valence-corrected chi connectivity index (χ2v) is 9.09. The van der Waals surface area contributed by atoms with Gasteiger partial charge in [-0.1, -0.05) is 13.5 Å². The van der Waals surface area contributed by atoms with Gasteiger partial charge in [-0.3, -0.25) is 14.6 Å². The molecule has 0 unspecified atom stereocenters. The minimum Gasteiger partial charge on any atom is -0.357 e. The molecule has 0 aromatic carbocycles. The summed E-state index contributed by atoms with van der Waals surface area (Å²) in [5.41, 5.74) is 9.71. The lowest BCUT2D eigenvalue weighted by atomic mass is 9.84. The van der Waals surface area contributed by atoms with E-state index in [0.717, 1.165) is 63.3 Å². The van der Waals surface area contributed by atoms with E-state index in [1.165, 1.54) is 6.92 Å². The van der Waals surface area contributed by atoms with Crippen molar-refractivity contribution in [3.8, 4) is 11.3 Å². The third-order valence-corrected chi connectivity index (χ3v) is 6.57. The summed E-state index contributed by atoms with van der Waals surface area (Å²) in [6.07, 6.45) is 5.07. The van der Waals surface area contributed by atoms with Crippen molar-refractivity contribution in [1.82, 2.24) is 20.3 Å². The highest BCUT2D eigenvalue weighted by atomic mass is 16.1. The first-order valence-corrected chi connectivity index (χ1v) is 11.2. The first kappa shape index (κ1) is 21.1. The van der Waals surface area contributed by atoms with Crippen LogP contribution in [0.5, 0.6) is 0 Å². The maximum absolute atomic E-state index is 12.7. The van der Waals surface area contributed by atoms with Crippen LogP contribution in [0.15, 0.2) is 25.0 Å². The van der Waals surface area contributed by atoms with Gasteiger partial charge in [-0.2, -0.15) is 0 Å². The molecule has 3 aromatic heterocycles. The Bertz CT molecular complexity index is 1350. The number of aromatic amines is 1. The van der Waals surface area contributed by atoms with Gasteiger partial charge in [0.1, 0.15) is 5.82 Å². The van der Waals surface area contributed by atoms with Gasteiger partial charge in [0.25, 0.3) is 5.91 Å². The number of anilines is 2. The summed E-state index contributed by atoms with van der Waals surface area (Å²) < 4.78 is 0. The predicted molar refractivity (Wildman–Crippen MR) is 129 cm³/mol. The molecule has 0 saturated carbocycles. The maximum Gasteiger partial charge on any atom is 0.253 e. The Morgan fingerprint density at radius 3 is 2.70 bits per heavy atom. The Balaban J connectivity index is 1.71. The highest BCUT2D eigenvalue weighted by molar-refractivity contribution is 6.03. The van der Waals surface area contributed by atoms with E-state index in [9.17, 15) is 9.59 Å². The van der Waals surface area contributed by atoms with Crippen molar-refractivity contribution in [2.75, 3.05) is 11.9 Å². The summed E-state index contributed by atoms with van der Waals surface area (Å²) in [6.45, 7) is 12.4. The van der Waals surface area contributed by atoms with Gasteiger partial charge < -0.3 is 15.6 Å². The molecule has 1 aliphatic carbocycles. The lowest BCUT2D eigenvalue weighted by molar-refractivity contribution is 0.0939. The molecule has 0 spiro atoms. The molecule has 0 fully saturated rings. The molecular formula is C26H27N5O2. The second kappa shape index (κ2) is 7.69. The van der Waals surface area contributed by atoms with E-state index in [1.807, 2.05) is 26.1 Å². The second-order valence-electron chi connectivity index (χ2n) is 9.09. The van der Waals surface area contributed by atoms with Crippen LogP contribution < -0.4 is 10.6 Å². The van der Waals surface area contributed by atoms with Gasteiger partial charge in [0.2, 0.25) is 0 Å². The predicted octanol–water partition coefficient (Wildman–Crippen LogP) is 4.70. The van der Waals surface area contributed by atoms with E-state index in [4.69, 9.17) is 4.98 Å². The topological polar surface area (TPSA) is 99.8 Å². The Kier molecular flexibility index (Phi) is 4.92. The van der Waals surface area contributed by atoms with Gasteiger partial charge in [0.15, 0.2) is 5.78 Å². The van der Waals surface area contributed by atoms with Gasteiger partial charge in [-0.25, -0.2) is 4.98 Å². The van der Waals surface area contributed by atoms with Gasteiger partial charge in [-0.05, 0) is 56.4 Å². The molecule has 33 heavy (non-hydrogen) atoms. The number of hydrogen-bond donors (Lipinski definition) is 3. The normalized spacial score (nSPS) is 16.4. The van der Waals surface area contributed by atoms with Crippen LogP contribution in [0.4, 0.5) is 11.5 Å². The third kappa shape index (κ3) is 3.35. The minimum absolute atomic E-state index is 0.00769. The third-order valence-electron chi connectivity index (χ3n) is 6.57. The molecule has 0 saturated heterocycles. The number of pyridine rings is 2. The molecule has 4 heterocycles. The van der Waals surface area contributed by atoms with Crippen LogP contribution in [0.3, 0.4) is 0 Å². The summed E-state index contributed by atoms with van der Waals surface area (Å²) in [5, 5.41) is 6.39. The average Bonchev–Trinajstić information content (AvgIpc) is 3.17. The van der Waals surface area contributed by atoms with Crippen molar-refractivity contribution < 1.29 is 9.59 Å². The smallest absolute Gasteiger partial charge is 0.253 e. The molecule has 7 nitrogen and oxygen atoms in total. The van der Waals surface area contributed by atoms with Crippen molar-refractivity contribution in [3.63, 3.8) is 0 Å². The standard InChI is InChI=1S/C26H27N5O2/c1-12(2)20-21-16(6-7-17-22-23(31-24(17)21)13(3)9-29-26(22)33)10-28-25(20)30-19-8-14(4)27-11-18(19)15(5)32/h8,10-11,13,31H,1,6-7,9H2,2-5H3,(H,29,33)(H,27,28,30)/t13-/m0/s1. The zero-order chi connectivity index (χ0) is 23.4. The van der Waals surface area contributed by atoms with Gasteiger partial charge in [0.05, 0.1) is 22.5 Å². The van der Waals surface area contributed by atoms with Crippen molar-refractivity contribution in [2.45, 2.75) is 46.5 Å².